The number of fused-ring (bicyclic) bond motifs is 4. The number of esters is 1. The van der Waals surface area contributed by atoms with Crippen LogP contribution in [0, 0.1) is 0 Å². The van der Waals surface area contributed by atoms with Crippen LogP contribution in [-0.2, 0) is 16.1 Å². The summed E-state index contributed by atoms with van der Waals surface area (Å²) >= 11 is 13.7. The molecule has 0 N–H and O–H groups in total. The summed E-state index contributed by atoms with van der Waals surface area (Å²) in [5.74, 6) is -1.34. The molecule has 0 aliphatic heterocycles. The van der Waals surface area contributed by atoms with Gasteiger partial charge in [0.25, 0.3) is 5.91 Å². The van der Waals surface area contributed by atoms with Gasteiger partial charge in [0.15, 0.2) is 4.80 Å². The third-order valence-corrected chi connectivity index (χ3v) is 7.23. The van der Waals surface area contributed by atoms with Gasteiger partial charge in [0.05, 0.1) is 26.9 Å². The SMILES string of the molecule is CCOC(=O)Cn1c(=NC(=O)c2cc3c(ccc4ccccc43)oc2=O)sc2ccc(Cl)c(Cl)c21. The number of hydrogen-bond donors (Lipinski definition) is 0. The van der Waals surface area contributed by atoms with Crippen LogP contribution in [0.5, 0.6) is 0 Å². The number of halogens is 2. The van der Waals surface area contributed by atoms with E-state index in [4.69, 9.17) is 32.4 Å². The van der Waals surface area contributed by atoms with E-state index in [0.29, 0.717) is 21.2 Å². The first-order valence-corrected chi connectivity index (χ1v) is 12.1. The number of rotatable bonds is 4. The number of nitrogens with zero attached hydrogens (tertiary/aromatic N) is 2. The first-order chi connectivity index (χ1) is 16.9. The summed E-state index contributed by atoms with van der Waals surface area (Å²) in [5.41, 5.74) is -0.218. The first kappa shape index (κ1) is 23.3. The minimum atomic E-state index is -0.806. The molecular formula is C25H16Cl2N2O5S. The Hall–Kier alpha value is -3.46. The van der Waals surface area contributed by atoms with Crippen molar-refractivity contribution < 1.29 is 18.7 Å². The van der Waals surface area contributed by atoms with Crippen molar-refractivity contribution in [2.24, 2.45) is 4.99 Å². The summed E-state index contributed by atoms with van der Waals surface area (Å²) < 4.78 is 12.6. The summed E-state index contributed by atoms with van der Waals surface area (Å²) in [7, 11) is 0. The summed E-state index contributed by atoms with van der Waals surface area (Å²) in [6, 6.07) is 15.9. The van der Waals surface area contributed by atoms with Crippen LogP contribution in [0.3, 0.4) is 0 Å². The zero-order chi connectivity index (χ0) is 24.7. The van der Waals surface area contributed by atoms with Gasteiger partial charge in [-0.15, -0.1) is 0 Å². The molecule has 0 radical (unpaired) electrons. The summed E-state index contributed by atoms with van der Waals surface area (Å²) in [6.07, 6.45) is 0. The van der Waals surface area contributed by atoms with Gasteiger partial charge in [0, 0.05) is 5.39 Å². The van der Waals surface area contributed by atoms with E-state index in [2.05, 4.69) is 4.99 Å². The van der Waals surface area contributed by atoms with Crippen molar-refractivity contribution in [2.75, 3.05) is 6.61 Å². The van der Waals surface area contributed by atoms with E-state index >= 15 is 0 Å². The fraction of sp³-hybridized carbons (Fsp3) is 0.120. The van der Waals surface area contributed by atoms with Crippen molar-refractivity contribution >= 4 is 78.4 Å². The highest BCUT2D eigenvalue weighted by molar-refractivity contribution is 7.16. The third-order valence-electron chi connectivity index (χ3n) is 5.40. The van der Waals surface area contributed by atoms with Crippen molar-refractivity contribution in [1.29, 1.82) is 0 Å². The molecule has 0 fully saturated rings. The highest BCUT2D eigenvalue weighted by atomic mass is 35.5. The summed E-state index contributed by atoms with van der Waals surface area (Å²) in [5, 5.41) is 2.90. The molecule has 0 unspecified atom stereocenters. The molecule has 35 heavy (non-hydrogen) atoms. The van der Waals surface area contributed by atoms with Gasteiger partial charge in [-0.05, 0) is 42.0 Å². The molecule has 7 nitrogen and oxygen atoms in total. The van der Waals surface area contributed by atoms with Crippen LogP contribution in [0.4, 0.5) is 0 Å². The molecule has 3 aromatic carbocycles. The van der Waals surface area contributed by atoms with E-state index in [1.807, 2.05) is 30.3 Å². The number of ether oxygens (including phenoxy) is 1. The maximum absolute atomic E-state index is 13.2. The molecule has 1 amide bonds. The van der Waals surface area contributed by atoms with Crippen LogP contribution >= 0.6 is 34.5 Å². The van der Waals surface area contributed by atoms with Gasteiger partial charge in [-0.2, -0.15) is 4.99 Å². The van der Waals surface area contributed by atoms with Gasteiger partial charge >= 0.3 is 11.6 Å². The monoisotopic (exact) mass is 526 g/mol. The molecule has 0 bridgehead atoms. The van der Waals surface area contributed by atoms with Gasteiger partial charge in [0.1, 0.15) is 17.7 Å². The highest BCUT2D eigenvalue weighted by Gasteiger charge is 2.19. The first-order valence-electron chi connectivity index (χ1n) is 10.5. The zero-order valence-corrected chi connectivity index (χ0v) is 20.5. The Morgan fingerprint density at radius 2 is 1.89 bits per heavy atom. The number of amides is 1. The topological polar surface area (TPSA) is 90.9 Å². The molecule has 176 valence electrons. The van der Waals surface area contributed by atoms with Crippen molar-refractivity contribution in [1.82, 2.24) is 4.57 Å². The van der Waals surface area contributed by atoms with Crippen molar-refractivity contribution in [3.8, 4) is 0 Å². The molecule has 0 spiro atoms. The zero-order valence-electron chi connectivity index (χ0n) is 18.2. The Bertz CT molecular complexity index is 1780. The lowest BCUT2D eigenvalue weighted by atomic mass is 10.0. The van der Waals surface area contributed by atoms with E-state index in [1.54, 1.807) is 25.1 Å². The second-order valence-electron chi connectivity index (χ2n) is 7.55. The quantitative estimate of drug-likeness (QED) is 0.173. The van der Waals surface area contributed by atoms with Gasteiger partial charge < -0.3 is 13.7 Å². The fourth-order valence-electron chi connectivity index (χ4n) is 3.84. The van der Waals surface area contributed by atoms with E-state index in [-0.39, 0.29) is 33.6 Å². The predicted molar refractivity (Wildman–Crippen MR) is 136 cm³/mol. The molecule has 0 aliphatic carbocycles. The maximum atomic E-state index is 13.2. The van der Waals surface area contributed by atoms with Gasteiger partial charge in [-0.1, -0.05) is 64.9 Å². The molecule has 5 aromatic rings. The maximum Gasteiger partial charge on any atom is 0.349 e. The Labute approximate surface area is 211 Å². The van der Waals surface area contributed by atoms with Crippen molar-refractivity contribution in [3.63, 3.8) is 0 Å². The Kier molecular flexibility index (Phi) is 6.19. The Morgan fingerprint density at radius 3 is 2.69 bits per heavy atom. The normalized spacial score (nSPS) is 12.0. The molecule has 0 atom stereocenters. The average Bonchev–Trinajstić information content (AvgIpc) is 3.18. The molecule has 10 heteroatoms. The summed E-state index contributed by atoms with van der Waals surface area (Å²) in [6.45, 7) is 1.64. The Morgan fingerprint density at radius 1 is 1.09 bits per heavy atom. The molecular weight excluding hydrogens is 511 g/mol. The highest BCUT2D eigenvalue weighted by Crippen LogP contribution is 2.32. The van der Waals surface area contributed by atoms with Crippen LogP contribution < -0.4 is 10.4 Å². The molecule has 0 saturated heterocycles. The lowest BCUT2D eigenvalue weighted by Gasteiger charge is -2.07. The Balaban J connectivity index is 1.70. The lowest BCUT2D eigenvalue weighted by Crippen LogP contribution is -2.24. The molecule has 5 rings (SSSR count). The van der Waals surface area contributed by atoms with Gasteiger partial charge in [-0.3, -0.25) is 9.59 Å². The predicted octanol–water partition coefficient (Wildman–Crippen LogP) is 5.57. The molecule has 0 aliphatic rings. The van der Waals surface area contributed by atoms with Crippen LogP contribution in [0.15, 0.2) is 68.8 Å². The number of hydrogen-bond acceptors (Lipinski definition) is 6. The van der Waals surface area contributed by atoms with Crippen LogP contribution in [0.2, 0.25) is 10.0 Å². The van der Waals surface area contributed by atoms with E-state index < -0.39 is 17.5 Å². The minimum Gasteiger partial charge on any atom is -0.465 e. The number of thiazole rings is 1. The number of carbonyl (C=O) groups is 2. The lowest BCUT2D eigenvalue weighted by molar-refractivity contribution is -0.143. The summed E-state index contributed by atoms with van der Waals surface area (Å²) in [4.78, 5) is 42.5. The minimum absolute atomic E-state index is 0.166. The third kappa shape index (κ3) is 4.25. The molecule has 2 aromatic heterocycles. The van der Waals surface area contributed by atoms with Crippen LogP contribution in [0.25, 0.3) is 32.0 Å². The van der Waals surface area contributed by atoms with E-state index in [1.165, 1.54) is 10.6 Å². The van der Waals surface area contributed by atoms with E-state index in [0.717, 1.165) is 22.1 Å². The van der Waals surface area contributed by atoms with Gasteiger partial charge in [-0.25, -0.2) is 4.79 Å². The molecule has 2 heterocycles. The standard InChI is InChI=1S/C25H16Cl2N2O5S/c1-2-33-20(30)12-29-22-19(10-8-17(26)21(22)27)35-25(29)28-23(31)16-11-15-14-6-4-3-5-13(14)7-9-18(15)34-24(16)32/h3-11H,2,12H2,1H3. The molecule has 0 saturated carbocycles. The number of benzene rings is 3. The second-order valence-corrected chi connectivity index (χ2v) is 9.34. The van der Waals surface area contributed by atoms with Gasteiger partial charge in [0.2, 0.25) is 0 Å². The van der Waals surface area contributed by atoms with E-state index in [9.17, 15) is 14.4 Å². The number of aromatic nitrogens is 1. The largest absolute Gasteiger partial charge is 0.465 e. The average molecular weight is 527 g/mol. The van der Waals surface area contributed by atoms with Crippen molar-refractivity contribution in [3.05, 3.63) is 85.4 Å². The second kappa shape index (κ2) is 9.30. The fourth-order valence-corrected chi connectivity index (χ4v) is 5.35. The van der Waals surface area contributed by atoms with Crippen LogP contribution in [-0.4, -0.2) is 23.1 Å². The smallest absolute Gasteiger partial charge is 0.349 e. The number of carbonyl (C=O) groups excluding carboxylic acids is 2. The van der Waals surface area contributed by atoms with Crippen molar-refractivity contribution in [2.45, 2.75) is 13.5 Å². The van der Waals surface area contributed by atoms with Crippen LogP contribution in [0.1, 0.15) is 17.3 Å².